The van der Waals surface area contributed by atoms with E-state index in [2.05, 4.69) is 17.2 Å². The summed E-state index contributed by atoms with van der Waals surface area (Å²) in [4.78, 5) is 28.4. The lowest BCUT2D eigenvalue weighted by Gasteiger charge is -2.40. The molecule has 3 heterocycles. The maximum absolute atomic E-state index is 12.5. The number of ether oxygens (including phenoxy) is 2. The molecular formula is C22H27BN2O7. The summed E-state index contributed by atoms with van der Waals surface area (Å²) in [5.41, 5.74) is 3.20. The number of nitrogens with zero attached hydrogens (tertiary/aromatic N) is 2. The van der Waals surface area contributed by atoms with E-state index in [1.54, 1.807) is 23.1 Å². The van der Waals surface area contributed by atoms with Crippen molar-refractivity contribution in [3.8, 4) is 11.5 Å². The van der Waals surface area contributed by atoms with Crippen molar-refractivity contribution in [1.82, 2.24) is 9.80 Å². The van der Waals surface area contributed by atoms with Gasteiger partial charge < -0.3 is 34.1 Å². The Morgan fingerprint density at radius 2 is 2.16 bits per heavy atom. The zero-order chi connectivity index (χ0) is 22.8. The molecule has 2 saturated heterocycles. The number of benzene rings is 1. The molecule has 0 unspecified atom stereocenters. The lowest BCUT2D eigenvalue weighted by Crippen LogP contribution is -2.57. The quantitative estimate of drug-likeness (QED) is 0.496. The van der Waals surface area contributed by atoms with Gasteiger partial charge in [-0.05, 0) is 19.2 Å². The molecule has 3 aliphatic rings. The molecule has 0 aromatic heterocycles. The van der Waals surface area contributed by atoms with Crippen LogP contribution >= 0.6 is 0 Å². The second-order valence-corrected chi connectivity index (χ2v) is 8.45. The Hall–Kier alpha value is -2.78. The Morgan fingerprint density at radius 3 is 2.84 bits per heavy atom. The average Bonchev–Trinajstić information content (AvgIpc) is 2.69. The molecule has 0 bridgehead atoms. The molecule has 3 aliphatic heterocycles. The Labute approximate surface area is 187 Å². The van der Waals surface area contributed by atoms with Crippen molar-refractivity contribution in [2.24, 2.45) is 0 Å². The minimum Gasteiger partial charge on any atom is -0.535 e. The van der Waals surface area contributed by atoms with Gasteiger partial charge in [0, 0.05) is 30.9 Å². The minimum absolute atomic E-state index is 0.000409. The molecule has 4 rings (SSSR count). The number of amides is 1. The number of carbonyl (C=O) groups excluding carboxylic acids is 1. The van der Waals surface area contributed by atoms with Gasteiger partial charge >= 0.3 is 13.1 Å². The van der Waals surface area contributed by atoms with E-state index in [1.807, 2.05) is 7.05 Å². The number of likely N-dealkylation sites (tertiary alicyclic amines) is 1. The zero-order valence-electron chi connectivity index (χ0n) is 18.0. The summed E-state index contributed by atoms with van der Waals surface area (Å²) >= 11 is 0. The van der Waals surface area contributed by atoms with Crippen molar-refractivity contribution in [3.05, 3.63) is 41.6 Å². The van der Waals surface area contributed by atoms with Gasteiger partial charge in [-0.15, -0.1) is 5.73 Å². The Morgan fingerprint density at radius 1 is 1.38 bits per heavy atom. The van der Waals surface area contributed by atoms with Gasteiger partial charge in [0.05, 0.1) is 32.2 Å². The van der Waals surface area contributed by atoms with Crippen LogP contribution in [0.25, 0.3) is 0 Å². The number of rotatable bonds is 6. The largest absolute Gasteiger partial charge is 0.535 e. The van der Waals surface area contributed by atoms with E-state index in [4.69, 9.17) is 14.1 Å². The summed E-state index contributed by atoms with van der Waals surface area (Å²) in [6.07, 6.45) is 1.86. The van der Waals surface area contributed by atoms with E-state index in [-0.39, 0.29) is 47.4 Å². The standard InChI is InChI=1S/C22H27BN2O7/c1-3-4-14-10-23(29)32-21-17(14)5-6-18(20(21)22(27)28)31-16-12-25(13-16)19(26)9-15-11-24(2)7-8-30-15/h4-6,14-16,29H,1,7-13H2,2H3,(H,27,28)/t14-,15+/m0/s1. The summed E-state index contributed by atoms with van der Waals surface area (Å²) in [5, 5.41) is 19.9. The van der Waals surface area contributed by atoms with Crippen molar-refractivity contribution < 1.29 is 33.8 Å². The third-order valence-electron chi connectivity index (χ3n) is 6.03. The topological polar surface area (TPSA) is 109 Å². The molecule has 2 atom stereocenters. The number of morpholine rings is 1. The van der Waals surface area contributed by atoms with E-state index in [9.17, 15) is 19.7 Å². The van der Waals surface area contributed by atoms with Gasteiger partial charge in [0.25, 0.3) is 0 Å². The molecular weight excluding hydrogens is 415 g/mol. The SMILES string of the molecule is C=C=C[C@H]1CB(O)Oc2c1ccc(OC1CN(C(=O)C[C@@H]3CN(C)CCO3)C1)c2C(=O)O. The molecule has 32 heavy (non-hydrogen) atoms. The van der Waals surface area contributed by atoms with Crippen molar-refractivity contribution in [1.29, 1.82) is 0 Å². The van der Waals surface area contributed by atoms with Gasteiger partial charge in [-0.2, -0.15) is 0 Å². The Kier molecular flexibility index (Phi) is 6.57. The summed E-state index contributed by atoms with van der Waals surface area (Å²) < 4.78 is 17.0. The number of carbonyl (C=O) groups is 2. The predicted molar refractivity (Wildman–Crippen MR) is 116 cm³/mol. The highest BCUT2D eigenvalue weighted by Gasteiger charge is 2.38. The van der Waals surface area contributed by atoms with Crippen LogP contribution in [0.2, 0.25) is 6.32 Å². The predicted octanol–water partition coefficient (Wildman–Crippen LogP) is 0.993. The average molecular weight is 442 g/mol. The first-order chi connectivity index (χ1) is 15.4. The van der Waals surface area contributed by atoms with E-state index in [1.165, 1.54) is 0 Å². The second kappa shape index (κ2) is 9.38. The Balaban J connectivity index is 1.42. The fourth-order valence-electron chi connectivity index (χ4n) is 4.34. The van der Waals surface area contributed by atoms with Gasteiger partial charge in [0.15, 0.2) is 0 Å². The van der Waals surface area contributed by atoms with Gasteiger partial charge in [-0.3, -0.25) is 4.79 Å². The third-order valence-corrected chi connectivity index (χ3v) is 6.03. The van der Waals surface area contributed by atoms with E-state index in [0.29, 0.717) is 31.7 Å². The zero-order valence-corrected chi connectivity index (χ0v) is 18.0. The summed E-state index contributed by atoms with van der Waals surface area (Å²) in [6.45, 7) is 6.53. The van der Waals surface area contributed by atoms with Crippen LogP contribution in [-0.4, -0.2) is 91.0 Å². The van der Waals surface area contributed by atoms with Crippen molar-refractivity contribution in [3.63, 3.8) is 0 Å². The van der Waals surface area contributed by atoms with Crippen LogP contribution in [-0.2, 0) is 9.53 Å². The maximum atomic E-state index is 12.5. The first-order valence-electron chi connectivity index (χ1n) is 10.7. The number of allylic oxidation sites excluding steroid dienone is 1. The lowest BCUT2D eigenvalue weighted by molar-refractivity contribution is -0.144. The molecule has 0 saturated carbocycles. The highest BCUT2D eigenvalue weighted by atomic mass is 16.5. The third kappa shape index (κ3) is 4.68. The van der Waals surface area contributed by atoms with Crippen molar-refractivity contribution >= 4 is 19.0 Å². The molecule has 9 nitrogen and oxygen atoms in total. The van der Waals surface area contributed by atoms with Gasteiger partial charge in [0.1, 0.15) is 23.2 Å². The van der Waals surface area contributed by atoms with Crippen LogP contribution in [0.4, 0.5) is 0 Å². The molecule has 2 fully saturated rings. The van der Waals surface area contributed by atoms with E-state index >= 15 is 0 Å². The molecule has 10 heteroatoms. The van der Waals surface area contributed by atoms with Crippen LogP contribution in [0, 0.1) is 0 Å². The molecule has 0 radical (unpaired) electrons. The number of carboxylic acid groups (broad SMARTS) is 1. The number of likely N-dealkylation sites (N-methyl/N-ethyl adjacent to an activating group) is 1. The lowest BCUT2D eigenvalue weighted by atomic mass is 9.71. The highest BCUT2D eigenvalue weighted by molar-refractivity contribution is 6.44. The molecule has 0 spiro atoms. The molecule has 170 valence electrons. The monoisotopic (exact) mass is 442 g/mol. The molecule has 0 aliphatic carbocycles. The first kappa shape index (κ1) is 22.4. The van der Waals surface area contributed by atoms with Crippen LogP contribution in [0.1, 0.15) is 28.3 Å². The number of hydrogen-bond acceptors (Lipinski definition) is 7. The number of carboxylic acids is 1. The smallest absolute Gasteiger partial charge is 0.523 e. The Bertz CT molecular complexity index is 942. The van der Waals surface area contributed by atoms with Crippen LogP contribution in [0.5, 0.6) is 11.5 Å². The number of hydrogen-bond donors (Lipinski definition) is 2. The summed E-state index contributed by atoms with van der Waals surface area (Å²) in [7, 11) is 0.869. The van der Waals surface area contributed by atoms with Crippen molar-refractivity contribution in [2.45, 2.75) is 30.9 Å². The van der Waals surface area contributed by atoms with Crippen molar-refractivity contribution in [2.75, 3.05) is 39.8 Å². The van der Waals surface area contributed by atoms with Crippen LogP contribution < -0.4 is 9.39 Å². The highest BCUT2D eigenvalue weighted by Crippen LogP contribution is 2.42. The van der Waals surface area contributed by atoms with E-state index < -0.39 is 13.1 Å². The van der Waals surface area contributed by atoms with Crippen LogP contribution in [0.15, 0.2) is 30.5 Å². The van der Waals surface area contributed by atoms with Gasteiger partial charge in [0.2, 0.25) is 5.91 Å². The molecule has 2 N–H and O–H groups in total. The van der Waals surface area contributed by atoms with Crippen LogP contribution in [0.3, 0.4) is 0 Å². The molecule has 1 amide bonds. The van der Waals surface area contributed by atoms with Gasteiger partial charge in [-0.1, -0.05) is 12.6 Å². The first-order valence-corrected chi connectivity index (χ1v) is 10.7. The molecule has 1 aromatic rings. The molecule has 1 aromatic carbocycles. The fourth-order valence-corrected chi connectivity index (χ4v) is 4.34. The van der Waals surface area contributed by atoms with E-state index in [0.717, 1.165) is 13.1 Å². The normalized spacial score (nSPS) is 23.4. The second-order valence-electron chi connectivity index (χ2n) is 8.45. The maximum Gasteiger partial charge on any atom is 0.523 e. The fraction of sp³-hybridized carbons (Fsp3) is 0.500. The number of aromatic carboxylic acids is 1. The summed E-state index contributed by atoms with van der Waals surface area (Å²) in [6, 6.07) is 3.34. The summed E-state index contributed by atoms with van der Waals surface area (Å²) in [5.74, 6) is -1.22. The van der Waals surface area contributed by atoms with Gasteiger partial charge in [-0.25, -0.2) is 4.79 Å². The number of fused-ring (bicyclic) bond motifs is 1. The minimum atomic E-state index is -1.21.